The van der Waals surface area contributed by atoms with Gasteiger partial charge < -0.3 is 10.2 Å². The molecule has 114 valence electrons. The molecule has 23 heavy (non-hydrogen) atoms. The third-order valence-corrected chi connectivity index (χ3v) is 3.20. The lowest BCUT2D eigenvalue weighted by atomic mass is 10.2. The standard InChI is InChI=1S/C16H14N6O/c1-22(13-9-17-11-18-10-13)12-5-7-19-14(8-12)16(23)21-15-4-2-3-6-20-15/h2-11H,1H3,(H,20,21,23). The molecule has 0 aliphatic carbocycles. The maximum Gasteiger partial charge on any atom is 0.275 e. The van der Waals surface area contributed by atoms with Gasteiger partial charge in [-0.25, -0.2) is 15.0 Å². The van der Waals surface area contributed by atoms with Gasteiger partial charge in [0.15, 0.2) is 0 Å². The van der Waals surface area contributed by atoms with Gasteiger partial charge in [0.2, 0.25) is 0 Å². The lowest BCUT2D eigenvalue weighted by Crippen LogP contribution is -2.16. The zero-order valence-corrected chi connectivity index (χ0v) is 12.4. The van der Waals surface area contributed by atoms with Crippen LogP contribution in [-0.4, -0.2) is 32.9 Å². The molecule has 0 saturated heterocycles. The fourth-order valence-corrected chi connectivity index (χ4v) is 1.98. The molecule has 3 heterocycles. The van der Waals surface area contributed by atoms with Crippen molar-refractivity contribution in [2.75, 3.05) is 17.3 Å². The van der Waals surface area contributed by atoms with Crippen LogP contribution in [-0.2, 0) is 0 Å². The topological polar surface area (TPSA) is 83.9 Å². The number of anilines is 3. The van der Waals surface area contributed by atoms with Gasteiger partial charge in [-0.3, -0.25) is 9.78 Å². The van der Waals surface area contributed by atoms with Crippen LogP contribution in [0.4, 0.5) is 17.2 Å². The van der Waals surface area contributed by atoms with Crippen LogP contribution in [0.5, 0.6) is 0 Å². The number of pyridine rings is 2. The summed E-state index contributed by atoms with van der Waals surface area (Å²) in [6.07, 6.45) is 8.06. The molecule has 0 aromatic carbocycles. The van der Waals surface area contributed by atoms with Crippen molar-refractivity contribution in [3.8, 4) is 0 Å². The molecule has 1 N–H and O–H groups in total. The van der Waals surface area contributed by atoms with E-state index in [9.17, 15) is 4.79 Å². The molecule has 0 saturated carbocycles. The summed E-state index contributed by atoms with van der Waals surface area (Å²) in [4.78, 5) is 30.3. The maximum atomic E-state index is 12.3. The molecule has 0 aliphatic rings. The molecule has 0 spiro atoms. The van der Waals surface area contributed by atoms with Crippen LogP contribution in [0, 0.1) is 0 Å². The van der Waals surface area contributed by atoms with Crippen molar-refractivity contribution in [3.05, 3.63) is 67.1 Å². The minimum Gasteiger partial charge on any atom is -0.342 e. The Morgan fingerprint density at radius 3 is 2.61 bits per heavy atom. The van der Waals surface area contributed by atoms with E-state index in [0.29, 0.717) is 11.5 Å². The van der Waals surface area contributed by atoms with Crippen molar-refractivity contribution in [2.45, 2.75) is 0 Å². The molecule has 3 aromatic heterocycles. The first-order valence-electron chi connectivity index (χ1n) is 6.91. The molecule has 7 nitrogen and oxygen atoms in total. The molecule has 3 rings (SSSR count). The highest BCUT2D eigenvalue weighted by molar-refractivity contribution is 6.02. The van der Waals surface area contributed by atoms with E-state index in [1.165, 1.54) is 6.33 Å². The second-order valence-electron chi connectivity index (χ2n) is 4.72. The molecular formula is C16H14N6O. The van der Waals surface area contributed by atoms with Crippen LogP contribution in [0.3, 0.4) is 0 Å². The van der Waals surface area contributed by atoms with Gasteiger partial charge in [-0.1, -0.05) is 6.07 Å². The van der Waals surface area contributed by atoms with Crippen LogP contribution in [0.1, 0.15) is 10.5 Å². The molecule has 0 unspecified atom stereocenters. The Morgan fingerprint density at radius 2 is 1.87 bits per heavy atom. The first-order chi connectivity index (χ1) is 11.2. The smallest absolute Gasteiger partial charge is 0.275 e. The van der Waals surface area contributed by atoms with Gasteiger partial charge in [0.1, 0.15) is 17.8 Å². The van der Waals surface area contributed by atoms with Gasteiger partial charge in [0.25, 0.3) is 5.91 Å². The monoisotopic (exact) mass is 306 g/mol. The summed E-state index contributed by atoms with van der Waals surface area (Å²) in [6, 6.07) is 8.81. The van der Waals surface area contributed by atoms with E-state index in [1.54, 1.807) is 49.1 Å². The summed E-state index contributed by atoms with van der Waals surface area (Å²) in [6.45, 7) is 0. The Bertz CT molecular complexity index is 794. The SMILES string of the molecule is CN(c1cncnc1)c1ccnc(C(=O)Nc2ccccn2)c1. The van der Waals surface area contributed by atoms with Crippen LogP contribution < -0.4 is 10.2 Å². The Balaban J connectivity index is 1.81. The third kappa shape index (κ3) is 3.46. The fourth-order valence-electron chi connectivity index (χ4n) is 1.98. The van der Waals surface area contributed by atoms with Gasteiger partial charge in [0, 0.05) is 25.1 Å². The highest BCUT2D eigenvalue weighted by atomic mass is 16.1. The summed E-state index contributed by atoms with van der Waals surface area (Å²) in [7, 11) is 1.87. The molecule has 0 aliphatic heterocycles. The zero-order valence-electron chi connectivity index (χ0n) is 12.4. The summed E-state index contributed by atoms with van der Waals surface area (Å²) < 4.78 is 0. The number of rotatable bonds is 4. The second kappa shape index (κ2) is 6.61. The third-order valence-electron chi connectivity index (χ3n) is 3.20. The molecule has 0 bridgehead atoms. The van der Waals surface area contributed by atoms with E-state index in [-0.39, 0.29) is 5.91 Å². The lowest BCUT2D eigenvalue weighted by Gasteiger charge is -2.18. The van der Waals surface area contributed by atoms with Crippen LogP contribution in [0.2, 0.25) is 0 Å². The number of hydrogen-bond donors (Lipinski definition) is 1. The van der Waals surface area contributed by atoms with E-state index in [4.69, 9.17) is 0 Å². The largest absolute Gasteiger partial charge is 0.342 e. The first-order valence-corrected chi connectivity index (χ1v) is 6.91. The first kappa shape index (κ1) is 14.6. The number of nitrogens with one attached hydrogen (secondary N) is 1. The summed E-state index contributed by atoms with van der Waals surface area (Å²) in [5.74, 6) is 0.165. The Labute approximate surface area is 133 Å². The van der Waals surface area contributed by atoms with Gasteiger partial charge in [-0.15, -0.1) is 0 Å². The average Bonchev–Trinajstić information content (AvgIpc) is 2.63. The van der Waals surface area contributed by atoms with Gasteiger partial charge in [-0.2, -0.15) is 0 Å². The normalized spacial score (nSPS) is 10.1. The van der Waals surface area contributed by atoms with Crippen molar-refractivity contribution < 1.29 is 4.79 Å². The number of nitrogens with zero attached hydrogens (tertiary/aromatic N) is 5. The quantitative estimate of drug-likeness (QED) is 0.796. The summed E-state index contributed by atoms with van der Waals surface area (Å²) in [5.41, 5.74) is 1.92. The minimum atomic E-state index is -0.316. The van der Waals surface area contributed by atoms with E-state index in [0.717, 1.165) is 11.4 Å². The highest BCUT2D eigenvalue weighted by Crippen LogP contribution is 2.22. The minimum absolute atomic E-state index is 0.303. The van der Waals surface area contributed by atoms with E-state index >= 15 is 0 Å². The molecule has 7 heteroatoms. The van der Waals surface area contributed by atoms with Crippen molar-refractivity contribution in [3.63, 3.8) is 0 Å². The molecule has 1 amide bonds. The van der Waals surface area contributed by atoms with Crippen molar-refractivity contribution >= 4 is 23.1 Å². The number of hydrogen-bond acceptors (Lipinski definition) is 6. The predicted molar refractivity (Wildman–Crippen MR) is 86.5 cm³/mol. The van der Waals surface area contributed by atoms with Crippen molar-refractivity contribution in [1.29, 1.82) is 0 Å². The number of carbonyl (C=O) groups is 1. The molecule has 0 atom stereocenters. The maximum absolute atomic E-state index is 12.3. The highest BCUT2D eigenvalue weighted by Gasteiger charge is 2.11. The molecular weight excluding hydrogens is 292 g/mol. The van der Waals surface area contributed by atoms with Gasteiger partial charge >= 0.3 is 0 Å². The van der Waals surface area contributed by atoms with Crippen molar-refractivity contribution in [1.82, 2.24) is 19.9 Å². The van der Waals surface area contributed by atoms with E-state index in [2.05, 4.69) is 25.3 Å². The second-order valence-corrected chi connectivity index (χ2v) is 4.72. The number of aromatic nitrogens is 4. The molecule has 0 radical (unpaired) electrons. The van der Waals surface area contributed by atoms with Gasteiger partial charge in [-0.05, 0) is 24.3 Å². The van der Waals surface area contributed by atoms with Crippen molar-refractivity contribution in [2.24, 2.45) is 0 Å². The summed E-state index contributed by atoms with van der Waals surface area (Å²) >= 11 is 0. The Kier molecular flexibility index (Phi) is 4.19. The predicted octanol–water partition coefficient (Wildman–Crippen LogP) is 2.29. The number of amides is 1. The van der Waals surface area contributed by atoms with E-state index < -0.39 is 0 Å². The van der Waals surface area contributed by atoms with Crippen LogP contribution in [0.25, 0.3) is 0 Å². The van der Waals surface area contributed by atoms with Crippen LogP contribution in [0.15, 0.2) is 61.4 Å². The van der Waals surface area contributed by atoms with Crippen LogP contribution >= 0.6 is 0 Å². The Hall–Kier alpha value is -3.35. The summed E-state index contributed by atoms with van der Waals surface area (Å²) in [5, 5.41) is 2.71. The van der Waals surface area contributed by atoms with E-state index in [1.807, 2.05) is 18.0 Å². The lowest BCUT2D eigenvalue weighted by molar-refractivity contribution is 0.102. The molecule has 3 aromatic rings. The fraction of sp³-hybridized carbons (Fsp3) is 0.0625. The zero-order chi connectivity index (χ0) is 16.1. The number of carbonyl (C=O) groups excluding carboxylic acids is 1. The van der Waals surface area contributed by atoms with Gasteiger partial charge in [0.05, 0.1) is 18.1 Å². The molecule has 0 fully saturated rings. The average molecular weight is 306 g/mol. The Morgan fingerprint density at radius 1 is 1.04 bits per heavy atom.